The van der Waals surface area contributed by atoms with Crippen molar-refractivity contribution in [1.82, 2.24) is 4.90 Å². The zero-order chi connectivity index (χ0) is 13.2. The van der Waals surface area contributed by atoms with Gasteiger partial charge in [-0.3, -0.25) is 4.79 Å². The van der Waals surface area contributed by atoms with Gasteiger partial charge in [-0.1, -0.05) is 42.5 Å². The molecule has 0 bridgehead atoms. The minimum absolute atomic E-state index is 0.00419. The molecule has 2 aliphatic rings. The van der Waals surface area contributed by atoms with Crippen LogP contribution in [0.15, 0.2) is 42.5 Å². The van der Waals surface area contributed by atoms with Crippen LogP contribution in [0.25, 0.3) is 0 Å². The quantitative estimate of drug-likeness (QED) is 0.822. The first kappa shape index (κ1) is 12.4. The van der Waals surface area contributed by atoms with Gasteiger partial charge in [0.05, 0.1) is 5.92 Å². The average molecular weight is 256 g/mol. The predicted molar refractivity (Wildman–Crippen MR) is 75.6 cm³/mol. The lowest BCUT2D eigenvalue weighted by molar-refractivity contribution is -0.133. The summed E-state index contributed by atoms with van der Waals surface area (Å²) in [6.45, 7) is 1.72. The highest BCUT2D eigenvalue weighted by atomic mass is 16.2. The SMILES string of the molecule is NC1C=CC(C(=O)N2CCC(c3ccccc3)C2)C1. The van der Waals surface area contributed by atoms with Crippen molar-refractivity contribution in [1.29, 1.82) is 0 Å². The van der Waals surface area contributed by atoms with E-state index in [-0.39, 0.29) is 17.9 Å². The highest BCUT2D eigenvalue weighted by Gasteiger charge is 2.32. The van der Waals surface area contributed by atoms with Gasteiger partial charge in [-0.25, -0.2) is 0 Å². The number of carbonyl (C=O) groups is 1. The van der Waals surface area contributed by atoms with Crippen molar-refractivity contribution in [2.75, 3.05) is 13.1 Å². The van der Waals surface area contributed by atoms with E-state index in [2.05, 4.69) is 24.3 Å². The summed E-state index contributed by atoms with van der Waals surface area (Å²) in [7, 11) is 0. The molecule has 3 heteroatoms. The number of likely N-dealkylation sites (tertiary alicyclic amines) is 1. The van der Waals surface area contributed by atoms with Crippen molar-refractivity contribution < 1.29 is 4.79 Å². The molecule has 1 heterocycles. The van der Waals surface area contributed by atoms with E-state index < -0.39 is 0 Å². The van der Waals surface area contributed by atoms with Crippen LogP contribution in [0.1, 0.15) is 24.3 Å². The first-order chi connectivity index (χ1) is 9.24. The van der Waals surface area contributed by atoms with Crippen LogP contribution in [-0.2, 0) is 4.79 Å². The predicted octanol–water partition coefficient (Wildman–Crippen LogP) is 1.91. The van der Waals surface area contributed by atoms with Crippen molar-refractivity contribution in [3.8, 4) is 0 Å². The molecule has 1 saturated heterocycles. The van der Waals surface area contributed by atoms with Crippen LogP contribution >= 0.6 is 0 Å². The smallest absolute Gasteiger partial charge is 0.229 e. The van der Waals surface area contributed by atoms with E-state index in [0.717, 1.165) is 25.9 Å². The molecule has 100 valence electrons. The molecule has 3 rings (SSSR count). The first-order valence-electron chi connectivity index (χ1n) is 7.01. The van der Waals surface area contributed by atoms with Crippen LogP contribution in [0.5, 0.6) is 0 Å². The molecule has 1 aromatic carbocycles. The number of hydrogen-bond acceptors (Lipinski definition) is 2. The molecule has 0 aromatic heterocycles. The second-order valence-electron chi connectivity index (χ2n) is 5.57. The summed E-state index contributed by atoms with van der Waals surface area (Å²) in [5.74, 6) is 0.747. The van der Waals surface area contributed by atoms with Crippen LogP contribution in [-0.4, -0.2) is 29.9 Å². The van der Waals surface area contributed by atoms with Crippen LogP contribution in [0, 0.1) is 5.92 Å². The summed E-state index contributed by atoms with van der Waals surface area (Å²) < 4.78 is 0. The Kier molecular flexibility index (Phi) is 3.38. The molecule has 1 aliphatic heterocycles. The number of amides is 1. The van der Waals surface area contributed by atoms with Gasteiger partial charge >= 0.3 is 0 Å². The molecule has 2 N–H and O–H groups in total. The van der Waals surface area contributed by atoms with Gasteiger partial charge in [0.25, 0.3) is 0 Å². The van der Waals surface area contributed by atoms with Crippen LogP contribution in [0.4, 0.5) is 0 Å². The Morgan fingerprint density at radius 2 is 2.00 bits per heavy atom. The highest BCUT2D eigenvalue weighted by molar-refractivity contribution is 5.81. The van der Waals surface area contributed by atoms with Crippen molar-refractivity contribution in [2.24, 2.45) is 11.7 Å². The topological polar surface area (TPSA) is 46.3 Å². The molecule has 0 radical (unpaired) electrons. The Morgan fingerprint density at radius 3 is 2.68 bits per heavy atom. The third kappa shape index (κ3) is 2.56. The number of nitrogens with two attached hydrogens (primary N) is 1. The standard InChI is InChI=1S/C16H20N2O/c17-15-7-6-13(10-15)16(19)18-9-8-14(11-18)12-4-2-1-3-5-12/h1-7,13-15H,8-11,17H2. The summed E-state index contributed by atoms with van der Waals surface area (Å²) in [5.41, 5.74) is 7.17. The summed E-state index contributed by atoms with van der Waals surface area (Å²) in [4.78, 5) is 14.4. The van der Waals surface area contributed by atoms with Gasteiger partial charge in [0.2, 0.25) is 5.91 Å². The second kappa shape index (κ2) is 5.17. The molecule has 19 heavy (non-hydrogen) atoms. The van der Waals surface area contributed by atoms with Crippen LogP contribution < -0.4 is 5.73 Å². The lowest BCUT2D eigenvalue weighted by atomic mass is 9.99. The third-order valence-corrected chi connectivity index (χ3v) is 4.20. The molecular formula is C16H20N2O. The number of carbonyl (C=O) groups excluding carboxylic acids is 1. The molecule has 1 aliphatic carbocycles. The summed E-state index contributed by atoms with van der Waals surface area (Å²) in [6.07, 6.45) is 5.76. The first-order valence-corrected chi connectivity index (χ1v) is 7.01. The Bertz CT molecular complexity index is 483. The fourth-order valence-corrected chi connectivity index (χ4v) is 3.10. The molecule has 0 saturated carbocycles. The van der Waals surface area contributed by atoms with Crippen LogP contribution in [0.2, 0.25) is 0 Å². The molecule has 3 unspecified atom stereocenters. The second-order valence-corrected chi connectivity index (χ2v) is 5.57. The van der Waals surface area contributed by atoms with Crippen molar-refractivity contribution >= 4 is 5.91 Å². The van der Waals surface area contributed by atoms with Crippen molar-refractivity contribution in [3.05, 3.63) is 48.0 Å². The zero-order valence-electron chi connectivity index (χ0n) is 11.0. The Balaban J connectivity index is 1.63. The van der Waals surface area contributed by atoms with Gasteiger partial charge < -0.3 is 10.6 Å². The van der Waals surface area contributed by atoms with E-state index >= 15 is 0 Å². The van der Waals surface area contributed by atoms with Gasteiger partial charge in [-0.2, -0.15) is 0 Å². The summed E-state index contributed by atoms with van der Waals surface area (Å²) in [6, 6.07) is 10.5. The Hall–Kier alpha value is -1.61. The molecule has 1 aromatic rings. The van der Waals surface area contributed by atoms with E-state index in [0.29, 0.717) is 5.92 Å². The largest absolute Gasteiger partial charge is 0.342 e. The summed E-state index contributed by atoms with van der Waals surface area (Å²) in [5, 5.41) is 0. The van der Waals surface area contributed by atoms with Gasteiger partial charge in [0.1, 0.15) is 0 Å². The van der Waals surface area contributed by atoms with E-state index in [1.54, 1.807) is 0 Å². The molecule has 1 fully saturated rings. The van der Waals surface area contributed by atoms with Gasteiger partial charge in [0, 0.05) is 25.0 Å². The minimum Gasteiger partial charge on any atom is -0.342 e. The molecule has 3 atom stereocenters. The number of nitrogens with zero attached hydrogens (tertiary/aromatic N) is 1. The number of benzene rings is 1. The monoisotopic (exact) mass is 256 g/mol. The maximum atomic E-state index is 12.4. The fraction of sp³-hybridized carbons (Fsp3) is 0.438. The maximum absolute atomic E-state index is 12.4. The fourth-order valence-electron chi connectivity index (χ4n) is 3.10. The molecule has 1 amide bonds. The normalized spacial score (nSPS) is 29.9. The summed E-state index contributed by atoms with van der Waals surface area (Å²) >= 11 is 0. The molecule has 3 nitrogen and oxygen atoms in total. The van der Waals surface area contributed by atoms with Crippen molar-refractivity contribution in [2.45, 2.75) is 24.8 Å². The zero-order valence-corrected chi connectivity index (χ0v) is 11.0. The Morgan fingerprint density at radius 1 is 1.21 bits per heavy atom. The molecule has 0 spiro atoms. The Labute approximate surface area is 114 Å². The van der Waals surface area contributed by atoms with Crippen LogP contribution in [0.3, 0.4) is 0 Å². The van der Waals surface area contributed by atoms with Gasteiger partial charge in [0.15, 0.2) is 0 Å². The van der Waals surface area contributed by atoms with Gasteiger partial charge in [-0.15, -0.1) is 0 Å². The lowest BCUT2D eigenvalue weighted by Gasteiger charge is -2.20. The minimum atomic E-state index is 0.00419. The van der Waals surface area contributed by atoms with E-state index in [4.69, 9.17) is 5.73 Å². The lowest BCUT2D eigenvalue weighted by Crippen LogP contribution is -2.34. The molecular weight excluding hydrogens is 236 g/mol. The number of hydrogen-bond donors (Lipinski definition) is 1. The maximum Gasteiger partial charge on any atom is 0.229 e. The van der Waals surface area contributed by atoms with Crippen molar-refractivity contribution in [3.63, 3.8) is 0 Å². The third-order valence-electron chi connectivity index (χ3n) is 4.20. The average Bonchev–Trinajstić information content (AvgIpc) is 3.08. The highest BCUT2D eigenvalue weighted by Crippen LogP contribution is 2.29. The van der Waals surface area contributed by atoms with E-state index in [1.165, 1.54) is 5.56 Å². The number of rotatable bonds is 2. The van der Waals surface area contributed by atoms with Gasteiger partial charge in [-0.05, 0) is 18.4 Å². The van der Waals surface area contributed by atoms with E-state index in [1.807, 2.05) is 23.1 Å². The van der Waals surface area contributed by atoms with E-state index in [9.17, 15) is 4.79 Å².